The van der Waals surface area contributed by atoms with Gasteiger partial charge in [-0.2, -0.15) is 0 Å². The highest BCUT2D eigenvalue weighted by molar-refractivity contribution is 9.09. The minimum atomic E-state index is 0.681. The first-order chi connectivity index (χ1) is 6.24. The van der Waals surface area contributed by atoms with E-state index in [1.54, 1.807) is 0 Å². The van der Waals surface area contributed by atoms with E-state index >= 15 is 0 Å². The number of ether oxygens (including phenoxy) is 1. The molecule has 1 aromatic rings. The highest BCUT2D eigenvalue weighted by Gasteiger charge is 2.00. The Kier molecular flexibility index (Phi) is 4.60. The highest BCUT2D eigenvalue weighted by Crippen LogP contribution is 2.25. The quantitative estimate of drug-likeness (QED) is 0.593. The molecule has 0 saturated heterocycles. The molecule has 0 unspecified atom stereocenters. The zero-order chi connectivity index (χ0) is 9.68. The summed E-state index contributed by atoms with van der Waals surface area (Å²) in [6.07, 6.45) is 0.990. The van der Waals surface area contributed by atoms with Gasteiger partial charge in [0, 0.05) is 5.33 Å². The molecule has 0 atom stereocenters. The third kappa shape index (κ3) is 3.57. The van der Waals surface area contributed by atoms with E-state index in [9.17, 15) is 0 Å². The molecule has 0 saturated carbocycles. The van der Waals surface area contributed by atoms with E-state index in [0.29, 0.717) is 11.6 Å². The summed E-state index contributed by atoms with van der Waals surface area (Å²) >= 11 is 9.28. The van der Waals surface area contributed by atoms with Crippen molar-refractivity contribution in [2.45, 2.75) is 13.3 Å². The first-order valence-electron chi connectivity index (χ1n) is 4.19. The van der Waals surface area contributed by atoms with Crippen LogP contribution in [0.1, 0.15) is 12.0 Å². The van der Waals surface area contributed by atoms with Gasteiger partial charge >= 0.3 is 0 Å². The van der Waals surface area contributed by atoms with Gasteiger partial charge in [-0.15, -0.1) is 0 Å². The van der Waals surface area contributed by atoms with Gasteiger partial charge in [-0.25, -0.2) is 0 Å². The summed E-state index contributed by atoms with van der Waals surface area (Å²) in [6.45, 7) is 2.72. The van der Waals surface area contributed by atoms with Crippen molar-refractivity contribution in [2.24, 2.45) is 0 Å². The molecule has 0 aliphatic carbocycles. The largest absolute Gasteiger partial charge is 0.492 e. The van der Waals surface area contributed by atoms with Crippen LogP contribution in [0.25, 0.3) is 0 Å². The van der Waals surface area contributed by atoms with E-state index in [-0.39, 0.29) is 0 Å². The van der Waals surface area contributed by atoms with Gasteiger partial charge < -0.3 is 4.74 Å². The van der Waals surface area contributed by atoms with Crippen molar-refractivity contribution in [3.8, 4) is 5.75 Å². The Hall–Kier alpha value is -0.210. The van der Waals surface area contributed by atoms with Crippen molar-refractivity contribution in [3.63, 3.8) is 0 Å². The molecule has 1 rings (SSSR count). The smallest absolute Gasteiger partial charge is 0.138 e. The van der Waals surface area contributed by atoms with E-state index in [4.69, 9.17) is 16.3 Å². The lowest BCUT2D eigenvalue weighted by Gasteiger charge is -2.07. The van der Waals surface area contributed by atoms with Crippen LogP contribution in [-0.4, -0.2) is 11.9 Å². The fourth-order valence-corrected chi connectivity index (χ4v) is 1.36. The molecule has 0 aliphatic heterocycles. The molecule has 0 bridgehead atoms. The number of aryl methyl sites for hydroxylation is 1. The Morgan fingerprint density at radius 3 is 2.92 bits per heavy atom. The van der Waals surface area contributed by atoms with Crippen molar-refractivity contribution in [3.05, 3.63) is 28.8 Å². The van der Waals surface area contributed by atoms with Crippen molar-refractivity contribution in [2.75, 3.05) is 11.9 Å². The number of benzene rings is 1. The molecule has 0 amide bonds. The first kappa shape index (κ1) is 10.9. The highest BCUT2D eigenvalue weighted by atomic mass is 79.9. The average molecular weight is 264 g/mol. The van der Waals surface area contributed by atoms with Gasteiger partial charge in [-0.1, -0.05) is 33.6 Å². The predicted octanol–water partition coefficient (Wildman–Crippen LogP) is 3.81. The molecule has 72 valence electrons. The normalized spacial score (nSPS) is 10.1. The standard InChI is InChI=1S/C10H12BrClO/c1-8-3-4-9(12)10(7-8)13-6-2-5-11/h3-4,7H,2,5-6H2,1H3. The van der Waals surface area contributed by atoms with Gasteiger partial charge in [0.05, 0.1) is 11.6 Å². The number of hydrogen-bond donors (Lipinski definition) is 0. The lowest BCUT2D eigenvalue weighted by atomic mass is 10.2. The molecule has 0 spiro atoms. The molecule has 0 heterocycles. The summed E-state index contributed by atoms with van der Waals surface area (Å²) in [7, 11) is 0. The second-order valence-corrected chi connectivity index (χ2v) is 4.03. The van der Waals surface area contributed by atoms with Crippen LogP contribution in [0, 0.1) is 6.92 Å². The maximum atomic E-state index is 5.94. The van der Waals surface area contributed by atoms with E-state index in [0.717, 1.165) is 17.5 Å². The van der Waals surface area contributed by atoms with Gasteiger partial charge in [0.2, 0.25) is 0 Å². The monoisotopic (exact) mass is 262 g/mol. The summed E-state index contributed by atoms with van der Waals surface area (Å²) in [4.78, 5) is 0. The van der Waals surface area contributed by atoms with Gasteiger partial charge in [0.1, 0.15) is 5.75 Å². The molecule has 3 heteroatoms. The van der Waals surface area contributed by atoms with Crippen molar-refractivity contribution < 1.29 is 4.74 Å². The maximum absolute atomic E-state index is 5.94. The Balaban J connectivity index is 2.59. The third-order valence-corrected chi connectivity index (χ3v) is 2.50. The lowest BCUT2D eigenvalue weighted by molar-refractivity contribution is 0.319. The fourth-order valence-electron chi connectivity index (χ4n) is 0.958. The number of halogens is 2. The second kappa shape index (κ2) is 5.51. The van der Waals surface area contributed by atoms with Gasteiger partial charge in [0.25, 0.3) is 0 Å². The van der Waals surface area contributed by atoms with Crippen LogP contribution in [0.5, 0.6) is 5.75 Å². The second-order valence-electron chi connectivity index (χ2n) is 2.82. The average Bonchev–Trinajstić information content (AvgIpc) is 2.11. The molecular formula is C10H12BrClO. The van der Waals surface area contributed by atoms with Crippen molar-refractivity contribution >= 4 is 27.5 Å². The van der Waals surface area contributed by atoms with Crippen LogP contribution >= 0.6 is 27.5 Å². The maximum Gasteiger partial charge on any atom is 0.138 e. The Bertz CT molecular complexity index is 276. The lowest BCUT2D eigenvalue weighted by Crippen LogP contribution is -1.98. The van der Waals surface area contributed by atoms with Crippen LogP contribution in [0.2, 0.25) is 5.02 Å². The van der Waals surface area contributed by atoms with Gasteiger partial charge in [-0.3, -0.25) is 0 Å². The molecule has 0 aliphatic rings. The molecule has 0 N–H and O–H groups in total. The van der Waals surface area contributed by atoms with Gasteiger partial charge in [-0.05, 0) is 31.0 Å². The Labute approximate surface area is 92.2 Å². The van der Waals surface area contributed by atoms with Crippen LogP contribution in [-0.2, 0) is 0 Å². The van der Waals surface area contributed by atoms with Crippen LogP contribution < -0.4 is 4.74 Å². The number of hydrogen-bond acceptors (Lipinski definition) is 1. The molecule has 0 fully saturated rings. The predicted molar refractivity (Wildman–Crippen MR) is 60.1 cm³/mol. The summed E-state index contributed by atoms with van der Waals surface area (Å²) in [5.74, 6) is 0.780. The first-order valence-corrected chi connectivity index (χ1v) is 5.69. The van der Waals surface area contributed by atoms with E-state index in [1.807, 2.05) is 25.1 Å². The molecular weight excluding hydrogens is 251 g/mol. The zero-order valence-electron chi connectivity index (χ0n) is 7.52. The van der Waals surface area contributed by atoms with Crippen LogP contribution in [0.3, 0.4) is 0 Å². The Morgan fingerprint density at radius 1 is 1.46 bits per heavy atom. The molecule has 0 radical (unpaired) electrons. The van der Waals surface area contributed by atoms with Gasteiger partial charge in [0.15, 0.2) is 0 Å². The van der Waals surface area contributed by atoms with E-state index in [2.05, 4.69) is 15.9 Å². The molecule has 0 aromatic heterocycles. The van der Waals surface area contributed by atoms with Crippen molar-refractivity contribution in [1.29, 1.82) is 0 Å². The molecule has 1 aromatic carbocycles. The molecule has 1 nitrogen and oxygen atoms in total. The SMILES string of the molecule is Cc1ccc(Cl)c(OCCCBr)c1. The number of rotatable bonds is 4. The molecule has 13 heavy (non-hydrogen) atoms. The summed E-state index contributed by atoms with van der Waals surface area (Å²) in [5.41, 5.74) is 1.17. The topological polar surface area (TPSA) is 9.23 Å². The zero-order valence-corrected chi connectivity index (χ0v) is 9.86. The fraction of sp³-hybridized carbons (Fsp3) is 0.400. The minimum Gasteiger partial charge on any atom is -0.492 e. The van der Waals surface area contributed by atoms with Crippen LogP contribution in [0.15, 0.2) is 18.2 Å². The van der Waals surface area contributed by atoms with Crippen molar-refractivity contribution in [1.82, 2.24) is 0 Å². The summed E-state index contributed by atoms with van der Waals surface area (Å²) in [6, 6.07) is 5.79. The summed E-state index contributed by atoms with van der Waals surface area (Å²) < 4.78 is 5.50. The summed E-state index contributed by atoms with van der Waals surface area (Å²) in [5, 5.41) is 1.64. The van der Waals surface area contributed by atoms with E-state index in [1.165, 1.54) is 5.56 Å². The minimum absolute atomic E-state index is 0.681. The third-order valence-electron chi connectivity index (χ3n) is 1.62. The number of alkyl halides is 1. The Morgan fingerprint density at radius 2 is 2.23 bits per heavy atom. The van der Waals surface area contributed by atoms with E-state index < -0.39 is 0 Å². The van der Waals surface area contributed by atoms with Crippen LogP contribution in [0.4, 0.5) is 0 Å².